The second-order valence-electron chi connectivity index (χ2n) is 7.47. The van der Waals surface area contributed by atoms with E-state index in [0.717, 1.165) is 24.2 Å². The van der Waals surface area contributed by atoms with Crippen LogP contribution in [-0.4, -0.2) is 59.9 Å². The molecule has 186 valence electrons. The summed E-state index contributed by atoms with van der Waals surface area (Å²) in [6, 6.07) is 13.7. The predicted octanol–water partition coefficient (Wildman–Crippen LogP) is 4.07. The normalized spacial score (nSPS) is 11.0. The highest BCUT2D eigenvalue weighted by Gasteiger charge is 2.16. The van der Waals surface area contributed by atoms with E-state index in [1.54, 1.807) is 20.4 Å². The number of hydrogen-bond acceptors (Lipinski definition) is 8. The van der Waals surface area contributed by atoms with Crippen LogP contribution < -0.4 is 19.8 Å². The highest BCUT2D eigenvalue weighted by molar-refractivity contribution is 7.99. The number of amides is 1. The number of carbonyl (C=O) groups excluding carboxylic acids is 1. The molecule has 0 atom stereocenters. The lowest BCUT2D eigenvalue weighted by Crippen LogP contribution is -2.21. The number of anilines is 1. The minimum Gasteiger partial charge on any atom is -0.493 e. The van der Waals surface area contributed by atoms with Gasteiger partial charge in [0.25, 0.3) is 5.91 Å². The van der Waals surface area contributed by atoms with E-state index >= 15 is 0 Å². The van der Waals surface area contributed by atoms with Gasteiger partial charge in [0, 0.05) is 30.9 Å². The molecule has 1 N–H and O–H groups in total. The summed E-state index contributed by atoms with van der Waals surface area (Å²) >= 11 is 1.31. The van der Waals surface area contributed by atoms with Gasteiger partial charge in [-0.05, 0) is 56.7 Å². The summed E-state index contributed by atoms with van der Waals surface area (Å²) < 4.78 is 12.7. The highest BCUT2D eigenvalue weighted by Crippen LogP contribution is 2.32. The molecule has 10 heteroatoms. The Labute approximate surface area is 210 Å². The Balaban J connectivity index is 1.59. The molecule has 0 spiro atoms. The van der Waals surface area contributed by atoms with E-state index in [1.807, 2.05) is 41.8 Å². The number of thioether (sulfide) groups is 1. The van der Waals surface area contributed by atoms with Crippen molar-refractivity contribution in [3.8, 4) is 22.9 Å². The minimum absolute atomic E-state index is 0.169. The molecule has 1 aromatic heterocycles. The molecule has 35 heavy (non-hydrogen) atoms. The Hall–Kier alpha value is -3.53. The van der Waals surface area contributed by atoms with Gasteiger partial charge in [0.1, 0.15) is 0 Å². The van der Waals surface area contributed by atoms with Crippen LogP contribution in [0, 0.1) is 0 Å². The van der Waals surface area contributed by atoms with Gasteiger partial charge in [-0.15, -0.1) is 10.2 Å². The molecule has 0 saturated carbocycles. The zero-order valence-corrected chi connectivity index (χ0v) is 21.6. The maximum absolute atomic E-state index is 12.3. The molecule has 0 aliphatic carbocycles. The second kappa shape index (κ2) is 12.8. The molecule has 9 nitrogen and oxygen atoms in total. The first kappa shape index (κ1) is 26.1. The number of nitrogens with zero attached hydrogens (tertiary/aromatic N) is 5. The van der Waals surface area contributed by atoms with E-state index in [9.17, 15) is 4.79 Å². The van der Waals surface area contributed by atoms with E-state index in [-0.39, 0.29) is 11.7 Å². The van der Waals surface area contributed by atoms with Gasteiger partial charge in [0.2, 0.25) is 0 Å². The van der Waals surface area contributed by atoms with Crippen molar-refractivity contribution in [3.63, 3.8) is 0 Å². The number of ether oxygens (including phenoxy) is 2. The van der Waals surface area contributed by atoms with E-state index in [2.05, 4.69) is 51.6 Å². The fraction of sp³-hybridized carbons (Fsp3) is 0.360. The first-order valence-electron chi connectivity index (χ1n) is 11.5. The van der Waals surface area contributed by atoms with Crippen LogP contribution in [0.1, 0.15) is 26.3 Å². The molecule has 0 aliphatic rings. The second-order valence-corrected chi connectivity index (χ2v) is 8.41. The van der Waals surface area contributed by atoms with Crippen LogP contribution in [0.25, 0.3) is 11.4 Å². The minimum atomic E-state index is -0.218. The Morgan fingerprint density at radius 2 is 1.77 bits per heavy atom. The van der Waals surface area contributed by atoms with Gasteiger partial charge in [0.05, 0.1) is 26.2 Å². The monoisotopic (exact) mass is 496 g/mol. The topological polar surface area (TPSA) is 93.9 Å². The van der Waals surface area contributed by atoms with E-state index in [0.29, 0.717) is 29.0 Å². The van der Waals surface area contributed by atoms with E-state index < -0.39 is 0 Å². The lowest BCUT2D eigenvalue weighted by atomic mass is 10.2. The smallest absolute Gasteiger partial charge is 0.250 e. The number of carbonyl (C=O) groups is 1. The Morgan fingerprint density at radius 3 is 2.40 bits per heavy atom. The summed E-state index contributed by atoms with van der Waals surface area (Å²) in [6.45, 7) is 8.84. The third-order valence-corrected chi connectivity index (χ3v) is 6.40. The fourth-order valence-electron chi connectivity index (χ4n) is 3.57. The number of hydrogen-bond donors (Lipinski definition) is 1. The molecule has 3 rings (SSSR count). The van der Waals surface area contributed by atoms with Crippen LogP contribution in [-0.2, 0) is 11.3 Å². The molecular formula is C25H32N6O3S. The molecule has 0 radical (unpaired) electrons. The van der Waals surface area contributed by atoms with Crippen LogP contribution >= 0.6 is 11.8 Å². The Morgan fingerprint density at radius 1 is 1.06 bits per heavy atom. The number of hydrazone groups is 1. The zero-order valence-electron chi connectivity index (χ0n) is 20.8. The number of benzene rings is 2. The van der Waals surface area contributed by atoms with Gasteiger partial charge in [-0.2, -0.15) is 5.10 Å². The summed E-state index contributed by atoms with van der Waals surface area (Å²) in [5, 5.41) is 13.3. The van der Waals surface area contributed by atoms with Crippen molar-refractivity contribution in [2.75, 3.05) is 38.0 Å². The van der Waals surface area contributed by atoms with Crippen molar-refractivity contribution >= 4 is 29.6 Å². The predicted molar refractivity (Wildman–Crippen MR) is 141 cm³/mol. The van der Waals surface area contributed by atoms with Crippen molar-refractivity contribution in [1.82, 2.24) is 20.2 Å². The number of aromatic nitrogens is 3. The van der Waals surface area contributed by atoms with Crippen LogP contribution in [0.5, 0.6) is 11.5 Å². The summed E-state index contributed by atoms with van der Waals surface area (Å²) in [5.74, 6) is 1.91. The average Bonchev–Trinajstić information content (AvgIpc) is 3.31. The maximum Gasteiger partial charge on any atom is 0.250 e. The number of methoxy groups -OCH3 is 2. The Kier molecular flexibility index (Phi) is 9.54. The van der Waals surface area contributed by atoms with Crippen molar-refractivity contribution in [3.05, 3.63) is 48.0 Å². The van der Waals surface area contributed by atoms with Crippen molar-refractivity contribution in [2.24, 2.45) is 5.10 Å². The van der Waals surface area contributed by atoms with Crippen LogP contribution in [0.3, 0.4) is 0 Å². The lowest BCUT2D eigenvalue weighted by molar-refractivity contribution is -0.118. The molecular weight excluding hydrogens is 464 g/mol. The van der Waals surface area contributed by atoms with Gasteiger partial charge >= 0.3 is 0 Å². The molecule has 1 amide bonds. The maximum atomic E-state index is 12.3. The number of rotatable bonds is 12. The standard InChI is InChI=1S/C25H32N6O3S/c1-6-30(7-2)20-12-9-18(10-13-20)16-26-27-23(32)17-35-25-29-28-24(31(25)8-3)19-11-14-21(33-4)22(15-19)34-5/h9-16H,6-8,17H2,1-5H3,(H,27,32)/b26-16-. The SMILES string of the molecule is CCN(CC)c1ccc(/C=N\NC(=O)CSc2nnc(-c3ccc(OC)c(OC)c3)n2CC)cc1. The molecule has 0 unspecified atom stereocenters. The molecule has 2 aromatic carbocycles. The van der Waals surface area contributed by atoms with Crippen molar-refractivity contribution in [1.29, 1.82) is 0 Å². The van der Waals surface area contributed by atoms with Crippen LogP contribution in [0.15, 0.2) is 52.7 Å². The molecule has 0 fully saturated rings. The third-order valence-electron chi connectivity index (χ3n) is 5.43. The number of nitrogens with one attached hydrogen (secondary N) is 1. The largest absolute Gasteiger partial charge is 0.493 e. The van der Waals surface area contributed by atoms with E-state index in [4.69, 9.17) is 9.47 Å². The molecule has 0 bridgehead atoms. The van der Waals surface area contributed by atoms with Gasteiger partial charge < -0.3 is 18.9 Å². The summed E-state index contributed by atoms with van der Waals surface area (Å²) in [6.07, 6.45) is 1.64. The van der Waals surface area contributed by atoms with E-state index in [1.165, 1.54) is 17.4 Å². The van der Waals surface area contributed by atoms with Crippen molar-refractivity contribution < 1.29 is 14.3 Å². The average molecular weight is 497 g/mol. The lowest BCUT2D eigenvalue weighted by Gasteiger charge is -2.20. The molecule has 0 saturated heterocycles. The van der Waals surface area contributed by atoms with Crippen LogP contribution in [0.4, 0.5) is 5.69 Å². The first-order valence-corrected chi connectivity index (χ1v) is 12.5. The molecule has 0 aliphatic heterocycles. The first-order chi connectivity index (χ1) is 17.0. The summed E-state index contributed by atoms with van der Waals surface area (Å²) in [7, 11) is 3.19. The van der Waals surface area contributed by atoms with Crippen molar-refractivity contribution in [2.45, 2.75) is 32.5 Å². The highest BCUT2D eigenvalue weighted by atomic mass is 32.2. The van der Waals surface area contributed by atoms with Crippen LogP contribution in [0.2, 0.25) is 0 Å². The van der Waals surface area contributed by atoms with Gasteiger partial charge in [-0.3, -0.25) is 4.79 Å². The van der Waals surface area contributed by atoms with Gasteiger partial charge in [-0.25, -0.2) is 5.43 Å². The van der Waals surface area contributed by atoms with Gasteiger partial charge in [-0.1, -0.05) is 23.9 Å². The summed E-state index contributed by atoms with van der Waals surface area (Å²) in [5.41, 5.74) is 5.51. The molecule has 1 heterocycles. The fourth-order valence-corrected chi connectivity index (χ4v) is 4.37. The summed E-state index contributed by atoms with van der Waals surface area (Å²) in [4.78, 5) is 14.6. The third kappa shape index (κ3) is 6.54. The zero-order chi connectivity index (χ0) is 25.2. The van der Waals surface area contributed by atoms with Gasteiger partial charge in [0.15, 0.2) is 22.5 Å². The quantitative estimate of drug-likeness (QED) is 0.229. The Bertz CT molecular complexity index is 1140. The molecule has 3 aromatic rings.